The molecule has 0 saturated heterocycles. The number of pyridine rings is 2. The highest BCUT2D eigenvalue weighted by Gasteiger charge is 2.28. The molecule has 0 fully saturated rings. The van der Waals surface area contributed by atoms with E-state index in [2.05, 4.69) is 10.3 Å². The molecule has 0 radical (unpaired) electrons. The molecule has 5 heterocycles. The van der Waals surface area contributed by atoms with Gasteiger partial charge in [0.05, 0.1) is 40.1 Å². The zero-order valence-electron chi connectivity index (χ0n) is 24.8. The van der Waals surface area contributed by atoms with Crippen molar-refractivity contribution in [2.45, 2.75) is 19.4 Å². The normalized spacial score (nSPS) is 12.8. The van der Waals surface area contributed by atoms with Crippen LogP contribution in [0.15, 0.2) is 71.3 Å². The molecule has 0 atom stereocenters. The van der Waals surface area contributed by atoms with Gasteiger partial charge in [0, 0.05) is 54.8 Å². The predicted octanol–water partition coefficient (Wildman–Crippen LogP) is 6.57. The van der Waals surface area contributed by atoms with Crippen molar-refractivity contribution in [2.75, 3.05) is 24.7 Å². The molecule has 0 saturated carbocycles. The van der Waals surface area contributed by atoms with Crippen molar-refractivity contribution in [3.05, 3.63) is 89.5 Å². The molecule has 2 aromatic carbocycles. The highest BCUT2D eigenvalue weighted by molar-refractivity contribution is 7.92. The minimum atomic E-state index is -3.77. The van der Waals surface area contributed by atoms with E-state index in [4.69, 9.17) is 9.40 Å². The first-order valence-electron chi connectivity index (χ1n) is 14.3. The smallest absolute Gasteiger partial charge is 0.280 e. The summed E-state index contributed by atoms with van der Waals surface area (Å²) in [6.45, 7) is 0.644. The van der Waals surface area contributed by atoms with Crippen LogP contribution in [0.25, 0.3) is 55.8 Å². The maximum atomic E-state index is 14.7. The third-order valence-corrected chi connectivity index (χ3v) is 9.56. The van der Waals surface area contributed by atoms with Crippen LogP contribution in [0.1, 0.15) is 28.0 Å². The monoisotopic (exact) mass is 645 g/mol. The van der Waals surface area contributed by atoms with Gasteiger partial charge in [-0.3, -0.25) is 14.1 Å². The number of carbonyl (C=O) groups excluding carboxylic acids is 1. The number of sulfonamides is 1. The van der Waals surface area contributed by atoms with Crippen LogP contribution in [-0.2, 0) is 23.0 Å². The van der Waals surface area contributed by atoms with Gasteiger partial charge in [-0.2, -0.15) is 0 Å². The fraction of sp³-hybridized carbons (Fsp3) is 0.182. The molecule has 1 aliphatic heterocycles. The zero-order valence-corrected chi connectivity index (χ0v) is 25.6. The quantitative estimate of drug-likeness (QED) is 0.220. The van der Waals surface area contributed by atoms with Crippen molar-refractivity contribution >= 4 is 43.5 Å². The molecule has 0 bridgehead atoms. The lowest BCUT2D eigenvalue weighted by molar-refractivity contribution is 0.0964. The molecule has 1 N–H and O–H groups in total. The van der Waals surface area contributed by atoms with Gasteiger partial charge in [0.2, 0.25) is 10.0 Å². The van der Waals surface area contributed by atoms with Gasteiger partial charge in [-0.15, -0.1) is 0 Å². The minimum Gasteiger partial charge on any atom is -0.455 e. The standard InChI is InChI=1S/C33H26F3N5O4S/c1-37-33(42)29-21-13-20(23-9-7-17-11-12-41-25-6-4-5-22(34)19(25)14-27(41)30(17)39-23)26(40(2)46(3,43)44)15-28(21)45-31(29)18-8-10-24(32(35)36)38-16-18/h4-10,13-16,32H,11-12H2,1-3H3,(H,37,42). The van der Waals surface area contributed by atoms with Crippen LogP contribution in [0, 0.1) is 5.82 Å². The van der Waals surface area contributed by atoms with Crippen molar-refractivity contribution in [1.29, 1.82) is 0 Å². The number of aromatic nitrogens is 3. The van der Waals surface area contributed by atoms with Crippen LogP contribution < -0.4 is 9.62 Å². The Bertz CT molecular complexity index is 2310. The molecule has 4 aromatic heterocycles. The second kappa shape index (κ2) is 10.7. The van der Waals surface area contributed by atoms with Gasteiger partial charge < -0.3 is 14.3 Å². The Kier molecular flexibility index (Phi) is 6.89. The number of anilines is 1. The van der Waals surface area contributed by atoms with E-state index in [1.165, 1.54) is 38.5 Å². The summed E-state index contributed by atoms with van der Waals surface area (Å²) in [6.07, 6.45) is 0.149. The van der Waals surface area contributed by atoms with Gasteiger partial charge >= 0.3 is 0 Å². The molecule has 0 aliphatic carbocycles. The van der Waals surface area contributed by atoms with Crippen LogP contribution in [-0.4, -0.2) is 49.2 Å². The number of nitrogens with one attached hydrogen (secondary N) is 1. The predicted molar refractivity (Wildman–Crippen MR) is 169 cm³/mol. The van der Waals surface area contributed by atoms with Crippen molar-refractivity contribution in [3.8, 4) is 34.0 Å². The van der Waals surface area contributed by atoms with E-state index < -0.39 is 28.0 Å². The Morgan fingerprint density at radius 2 is 1.89 bits per heavy atom. The number of furan rings is 1. The summed E-state index contributed by atoms with van der Waals surface area (Å²) in [4.78, 5) is 22.1. The maximum Gasteiger partial charge on any atom is 0.280 e. The summed E-state index contributed by atoms with van der Waals surface area (Å²) in [5, 5.41) is 3.43. The number of hydrogen-bond acceptors (Lipinski definition) is 6. The van der Waals surface area contributed by atoms with E-state index >= 15 is 0 Å². The SMILES string of the molecule is CNC(=O)c1c(-c2ccc(C(F)F)nc2)oc2cc(N(C)S(C)(=O)=O)c(-c3ccc4c(n3)-c3cc5c(F)cccc5n3CC4)cc12. The van der Waals surface area contributed by atoms with Gasteiger partial charge in [-0.25, -0.2) is 26.6 Å². The zero-order chi connectivity index (χ0) is 32.5. The number of alkyl halides is 2. The van der Waals surface area contributed by atoms with Crippen molar-refractivity contribution in [2.24, 2.45) is 0 Å². The Hall–Kier alpha value is -5.17. The van der Waals surface area contributed by atoms with Gasteiger partial charge in [0.25, 0.3) is 12.3 Å². The molecule has 6 aromatic rings. The second-order valence-electron chi connectivity index (χ2n) is 11.1. The molecule has 1 amide bonds. The highest BCUT2D eigenvalue weighted by atomic mass is 32.2. The molecule has 9 nitrogen and oxygen atoms in total. The maximum absolute atomic E-state index is 14.7. The van der Waals surface area contributed by atoms with E-state index in [9.17, 15) is 26.4 Å². The Labute approximate surface area is 261 Å². The van der Waals surface area contributed by atoms with Crippen LogP contribution in [0.3, 0.4) is 0 Å². The second-order valence-corrected chi connectivity index (χ2v) is 13.1. The minimum absolute atomic E-state index is 0.0812. The number of halogens is 3. The lowest BCUT2D eigenvalue weighted by Crippen LogP contribution is -2.25. The highest BCUT2D eigenvalue weighted by Crippen LogP contribution is 2.42. The van der Waals surface area contributed by atoms with Gasteiger partial charge in [-0.1, -0.05) is 12.1 Å². The number of hydrogen-bond donors (Lipinski definition) is 1. The first-order chi connectivity index (χ1) is 22.0. The number of benzene rings is 2. The van der Waals surface area contributed by atoms with E-state index in [0.717, 1.165) is 33.4 Å². The Morgan fingerprint density at radius 1 is 1.09 bits per heavy atom. The average Bonchev–Trinajstić information content (AvgIpc) is 3.62. The van der Waals surface area contributed by atoms with Gasteiger partial charge in [0.15, 0.2) is 0 Å². The number of rotatable bonds is 6. The lowest BCUT2D eigenvalue weighted by Gasteiger charge is -2.23. The van der Waals surface area contributed by atoms with Crippen molar-refractivity contribution in [1.82, 2.24) is 19.9 Å². The topological polar surface area (TPSA) is 110 Å². The van der Waals surface area contributed by atoms with Gasteiger partial charge in [-0.05, 0) is 54.4 Å². The molecule has 234 valence electrons. The van der Waals surface area contributed by atoms with Crippen LogP contribution >= 0.6 is 0 Å². The summed E-state index contributed by atoms with van der Waals surface area (Å²) >= 11 is 0. The number of fused-ring (bicyclic) bond motifs is 6. The first-order valence-corrected chi connectivity index (χ1v) is 16.1. The van der Waals surface area contributed by atoms with Crippen molar-refractivity contribution < 1.29 is 30.8 Å². The number of carbonyl (C=O) groups is 1. The summed E-state index contributed by atoms with van der Waals surface area (Å²) in [7, 11) is -0.929. The third-order valence-electron chi connectivity index (χ3n) is 8.36. The molecular weight excluding hydrogens is 619 g/mol. The number of aryl methyl sites for hydroxylation is 2. The van der Waals surface area contributed by atoms with E-state index in [1.807, 2.05) is 16.7 Å². The number of nitrogens with zero attached hydrogens (tertiary/aromatic N) is 4. The number of amides is 1. The molecule has 7 rings (SSSR count). The molecule has 0 unspecified atom stereocenters. The van der Waals surface area contributed by atoms with Gasteiger partial charge in [0.1, 0.15) is 22.9 Å². The summed E-state index contributed by atoms with van der Waals surface area (Å²) in [5.74, 6) is -0.763. The summed E-state index contributed by atoms with van der Waals surface area (Å²) < 4.78 is 76.0. The van der Waals surface area contributed by atoms with Crippen LogP contribution in [0.5, 0.6) is 0 Å². The van der Waals surface area contributed by atoms with E-state index in [1.54, 1.807) is 24.3 Å². The van der Waals surface area contributed by atoms with Crippen molar-refractivity contribution in [3.63, 3.8) is 0 Å². The summed E-state index contributed by atoms with van der Waals surface area (Å²) in [5.41, 5.74) is 4.29. The third kappa shape index (κ3) is 4.69. The first kappa shape index (κ1) is 29.5. The Morgan fingerprint density at radius 3 is 2.59 bits per heavy atom. The average molecular weight is 646 g/mol. The van der Waals surface area contributed by atoms with E-state index in [-0.39, 0.29) is 34.0 Å². The van der Waals surface area contributed by atoms with Crippen LogP contribution in [0.2, 0.25) is 0 Å². The molecular formula is C33H26F3N5O4S. The summed E-state index contributed by atoms with van der Waals surface area (Å²) in [6, 6.07) is 16.1. The molecule has 46 heavy (non-hydrogen) atoms. The Balaban J connectivity index is 1.47. The largest absolute Gasteiger partial charge is 0.455 e. The van der Waals surface area contributed by atoms with E-state index in [0.29, 0.717) is 40.7 Å². The molecule has 0 spiro atoms. The fourth-order valence-electron chi connectivity index (χ4n) is 5.98. The molecule has 1 aliphatic rings. The lowest BCUT2D eigenvalue weighted by atomic mass is 9.99. The fourth-order valence-corrected chi connectivity index (χ4v) is 6.49. The molecule has 13 heteroatoms. The van der Waals surface area contributed by atoms with Crippen LogP contribution in [0.4, 0.5) is 18.9 Å².